The molecule has 1 aromatic rings. The van der Waals surface area contributed by atoms with E-state index in [1.54, 1.807) is 31.6 Å². The molecule has 2 saturated carbocycles. The molecule has 6 nitrogen and oxygen atoms in total. The van der Waals surface area contributed by atoms with Crippen LogP contribution in [0.25, 0.3) is 0 Å². The number of hydrogen-bond acceptors (Lipinski definition) is 3. The van der Waals surface area contributed by atoms with Gasteiger partial charge in [-0.05, 0) is 43.2 Å². The molecule has 0 aromatic carbocycles. The van der Waals surface area contributed by atoms with Crippen LogP contribution in [0.1, 0.15) is 55.3 Å². The number of hydrogen-bond donors (Lipinski definition) is 3. The van der Waals surface area contributed by atoms with Crippen LogP contribution in [0.5, 0.6) is 0 Å². The highest BCUT2D eigenvalue weighted by atomic mass is 127. The fourth-order valence-electron chi connectivity index (χ4n) is 4.35. The summed E-state index contributed by atoms with van der Waals surface area (Å²) in [6.45, 7) is 1.19. The monoisotopic (exact) mass is 485 g/mol. The maximum atomic E-state index is 12.0. The van der Waals surface area contributed by atoms with Crippen LogP contribution in [0.15, 0.2) is 29.5 Å². The van der Waals surface area contributed by atoms with E-state index in [2.05, 4.69) is 25.9 Å². The van der Waals surface area contributed by atoms with Gasteiger partial charge in [-0.1, -0.05) is 25.7 Å². The molecule has 3 atom stereocenters. The zero-order chi connectivity index (χ0) is 18.2. The van der Waals surface area contributed by atoms with Gasteiger partial charge in [-0.15, -0.1) is 24.0 Å². The molecule has 0 bridgehead atoms. The van der Waals surface area contributed by atoms with E-state index >= 15 is 0 Å². The molecule has 27 heavy (non-hydrogen) atoms. The third-order valence-corrected chi connectivity index (χ3v) is 5.73. The Morgan fingerprint density at radius 1 is 1.15 bits per heavy atom. The summed E-state index contributed by atoms with van der Waals surface area (Å²) >= 11 is 0. The number of guanidine groups is 1. The molecule has 3 unspecified atom stereocenters. The molecule has 1 amide bonds. The van der Waals surface area contributed by atoms with Gasteiger partial charge >= 0.3 is 0 Å². The summed E-state index contributed by atoms with van der Waals surface area (Å²) in [5, 5.41) is 9.77. The fourth-order valence-corrected chi connectivity index (χ4v) is 4.35. The van der Waals surface area contributed by atoms with Gasteiger partial charge in [0.2, 0.25) is 0 Å². The Balaban J connectivity index is 0.00000261. The van der Waals surface area contributed by atoms with Crippen molar-refractivity contribution in [3.8, 4) is 0 Å². The van der Waals surface area contributed by atoms with Gasteiger partial charge in [0.25, 0.3) is 5.91 Å². The van der Waals surface area contributed by atoms with Crippen LogP contribution >= 0.6 is 24.0 Å². The van der Waals surface area contributed by atoms with Gasteiger partial charge < -0.3 is 16.0 Å². The second kappa shape index (κ2) is 11.5. The number of aromatic nitrogens is 1. The molecule has 0 radical (unpaired) electrons. The fraction of sp³-hybridized carbons (Fsp3) is 0.650. The Morgan fingerprint density at radius 2 is 1.93 bits per heavy atom. The van der Waals surface area contributed by atoms with E-state index in [0.29, 0.717) is 24.7 Å². The predicted octanol–water partition coefficient (Wildman–Crippen LogP) is 2.95. The van der Waals surface area contributed by atoms with Gasteiger partial charge in [-0.2, -0.15) is 0 Å². The molecule has 1 heterocycles. The molecule has 1 aromatic heterocycles. The summed E-state index contributed by atoms with van der Waals surface area (Å²) in [5.41, 5.74) is 0.583. The summed E-state index contributed by atoms with van der Waals surface area (Å²) < 4.78 is 0. The van der Waals surface area contributed by atoms with Gasteiger partial charge in [-0.3, -0.25) is 14.8 Å². The first-order valence-corrected chi connectivity index (χ1v) is 9.91. The number of fused-ring (bicyclic) bond motifs is 1. The number of halogens is 1. The van der Waals surface area contributed by atoms with Crippen molar-refractivity contribution in [2.75, 3.05) is 20.1 Å². The molecular weight excluding hydrogens is 453 g/mol. The first kappa shape index (κ1) is 21.9. The highest BCUT2D eigenvalue weighted by molar-refractivity contribution is 14.0. The molecular formula is C20H32IN5O. The van der Waals surface area contributed by atoms with E-state index in [4.69, 9.17) is 0 Å². The normalized spacial score (nSPS) is 24.9. The second-order valence-electron chi connectivity index (χ2n) is 7.46. The van der Waals surface area contributed by atoms with E-state index < -0.39 is 0 Å². The summed E-state index contributed by atoms with van der Waals surface area (Å²) in [6, 6.07) is 4.04. The van der Waals surface area contributed by atoms with E-state index in [0.717, 1.165) is 17.8 Å². The number of pyridine rings is 1. The highest BCUT2D eigenvalue weighted by Crippen LogP contribution is 2.40. The van der Waals surface area contributed by atoms with E-state index in [1.807, 2.05) is 0 Å². The van der Waals surface area contributed by atoms with Crippen LogP contribution in [0.4, 0.5) is 0 Å². The average molecular weight is 485 g/mol. The minimum Gasteiger partial charge on any atom is -0.355 e. The third-order valence-electron chi connectivity index (χ3n) is 5.73. The lowest BCUT2D eigenvalue weighted by atomic mass is 9.69. The van der Waals surface area contributed by atoms with Crippen LogP contribution in [0, 0.1) is 11.8 Å². The molecule has 2 aliphatic carbocycles. The van der Waals surface area contributed by atoms with Gasteiger partial charge in [0.15, 0.2) is 5.96 Å². The molecule has 0 spiro atoms. The summed E-state index contributed by atoms with van der Waals surface area (Å²) in [5.74, 6) is 2.59. The minimum atomic E-state index is -0.0986. The summed E-state index contributed by atoms with van der Waals surface area (Å²) in [6.07, 6.45) is 12.7. The van der Waals surface area contributed by atoms with Gasteiger partial charge in [0.05, 0.1) is 5.56 Å². The number of rotatable bonds is 5. The SMILES string of the molecule is CN=C(NCCNC(=O)c1cccnc1)NC1CCC2CCCCC2C1.I. The Labute approximate surface area is 179 Å². The lowest BCUT2D eigenvalue weighted by molar-refractivity contribution is 0.0954. The minimum absolute atomic E-state index is 0. The molecule has 7 heteroatoms. The van der Waals surface area contributed by atoms with Gasteiger partial charge in [-0.25, -0.2) is 0 Å². The van der Waals surface area contributed by atoms with E-state index in [1.165, 1.54) is 44.9 Å². The molecule has 3 N–H and O–H groups in total. The number of carbonyl (C=O) groups is 1. The summed E-state index contributed by atoms with van der Waals surface area (Å²) in [7, 11) is 1.80. The smallest absolute Gasteiger partial charge is 0.252 e. The van der Waals surface area contributed by atoms with Crippen molar-refractivity contribution in [1.82, 2.24) is 20.9 Å². The lowest BCUT2D eigenvalue weighted by Crippen LogP contribution is -2.48. The predicted molar refractivity (Wildman–Crippen MR) is 120 cm³/mol. The number of nitrogens with zero attached hydrogens (tertiary/aromatic N) is 2. The van der Waals surface area contributed by atoms with Crippen molar-refractivity contribution in [3.63, 3.8) is 0 Å². The molecule has 2 fully saturated rings. The van der Waals surface area contributed by atoms with Crippen LogP contribution < -0.4 is 16.0 Å². The maximum Gasteiger partial charge on any atom is 0.252 e. The van der Waals surface area contributed by atoms with Gasteiger partial charge in [0.1, 0.15) is 0 Å². The number of amides is 1. The zero-order valence-corrected chi connectivity index (χ0v) is 18.4. The first-order valence-electron chi connectivity index (χ1n) is 9.91. The van der Waals surface area contributed by atoms with Crippen molar-refractivity contribution >= 4 is 35.8 Å². The first-order chi connectivity index (χ1) is 12.8. The molecule has 3 rings (SSSR count). The average Bonchev–Trinajstić information content (AvgIpc) is 2.70. The Morgan fingerprint density at radius 3 is 2.67 bits per heavy atom. The van der Waals surface area contributed by atoms with Crippen LogP contribution in [0.3, 0.4) is 0 Å². The maximum absolute atomic E-state index is 12.0. The molecule has 0 saturated heterocycles. The third kappa shape index (κ3) is 6.62. The largest absolute Gasteiger partial charge is 0.355 e. The second-order valence-corrected chi connectivity index (χ2v) is 7.46. The number of aliphatic imine (C=N–C) groups is 1. The van der Waals surface area contributed by atoms with Crippen molar-refractivity contribution < 1.29 is 4.79 Å². The van der Waals surface area contributed by atoms with Crippen molar-refractivity contribution in [1.29, 1.82) is 0 Å². The molecule has 0 aliphatic heterocycles. The topological polar surface area (TPSA) is 78.4 Å². The summed E-state index contributed by atoms with van der Waals surface area (Å²) in [4.78, 5) is 20.3. The van der Waals surface area contributed by atoms with Crippen molar-refractivity contribution in [2.45, 2.75) is 51.0 Å². The van der Waals surface area contributed by atoms with Crippen LogP contribution in [-0.2, 0) is 0 Å². The van der Waals surface area contributed by atoms with Crippen LogP contribution in [-0.4, -0.2) is 43.0 Å². The zero-order valence-electron chi connectivity index (χ0n) is 16.1. The quantitative estimate of drug-likeness (QED) is 0.260. The Kier molecular flexibility index (Phi) is 9.30. The molecule has 150 valence electrons. The lowest BCUT2D eigenvalue weighted by Gasteiger charge is -2.39. The van der Waals surface area contributed by atoms with Crippen molar-refractivity contribution in [3.05, 3.63) is 30.1 Å². The number of carbonyl (C=O) groups excluding carboxylic acids is 1. The highest BCUT2D eigenvalue weighted by Gasteiger charge is 2.32. The van der Waals surface area contributed by atoms with Gasteiger partial charge in [0, 0.05) is 38.6 Å². The number of nitrogens with one attached hydrogen (secondary N) is 3. The van der Waals surface area contributed by atoms with E-state index in [-0.39, 0.29) is 29.9 Å². The van der Waals surface area contributed by atoms with Crippen LogP contribution in [0.2, 0.25) is 0 Å². The van der Waals surface area contributed by atoms with E-state index in [9.17, 15) is 4.79 Å². The molecule has 2 aliphatic rings. The van der Waals surface area contributed by atoms with Crippen molar-refractivity contribution in [2.24, 2.45) is 16.8 Å². The standard InChI is InChI=1S/C20H31N5O.HI/c1-21-20(24-12-11-23-19(26)17-7-4-10-22-14-17)25-18-9-8-15-5-2-3-6-16(15)13-18;/h4,7,10,14-16,18H,2-3,5-6,8-9,11-13H2,1H3,(H,23,26)(H2,21,24,25);1H. The Hall–Kier alpha value is -1.38. The Bertz CT molecular complexity index is 610.